The van der Waals surface area contributed by atoms with Gasteiger partial charge in [0.1, 0.15) is 12.8 Å². The number of methoxy groups -OCH3 is 1. The molecule has 0 saturated carbocycles. The highest BCUT2D eigenvalue weighted by atomic mass is 17.1. The van der Waals surface area contributed by atoms with Crippen molar-refractivity contribution in [2.45, 2.75) is 6.29 Å². The molecule has 0 aliphatic carbocycles. The Bertz CT molecular complexity index is 308. The molecule has 0 spiro atoms. The molecule has 0 radical (unpaired) electrons. The summed E-state index contributed by atoms with van der Waals surface area (Å²) in [6.45, 7) is 0. The van der Waals surface area contributed by atoms with Crippen LogP contribution in [-0.2, 0) is 14.5 Å². The third-order valence-electron chi connectivity index (χ3n) is 1.79. The van der Waals surface area contributed by atoms with Gasteiger partial charge in [-0.15, -0.1) is 0 Å². The Morgan fingerprint density at radius 3 is 2.40 bits per heavy atom. The van der Waals surface area contributed by atoms with Crippen LogP contribution < -0.4 is 0 Å². The molecule has 0 aliphatic rings. The van der Waals surface area contributed by atoms with Crippen LogP contribution in [0.4, 0.5) is 0 Å². The molecule has 0 heterocycles. The van der Waals surface area contributed by atoms with Gasteiger partial charge in [0.2, 0.25) is 6.29 Å². The van der Waals surface area contributed by atoms with Crippen LogP contribution in [0.3, 0.4) is 0 Å². The van der Waals surface area contributed by atoms with Crippen molar-refractivity contribution in [1.82, 2.24) is 0 Å². The molecule has 0 aromatic heterocycles. The van der Waals surface area contributed by atoms with Crippen molar-refractivity contribution < 1.29 is 19.7 Å². The summed E-state index contributed by atoms with van der Waals surface area (Å²) in [5.41, 5.74) is 1.11. The average molecular weight is 211 g/mol. The Kier molecular flexibility index (Phi) is 4.76. The topological polar surface area (TPSA) is 60.3 Å². The highest BCUT2D eigenvalue weighted by molar-refractivity contribution is 6.02. The second-order valence-corrected chi connectivity index (χ2v) is 2.70. The molecule has 0 bridgehead atoms. The normalized spacial score (nSPS) is 13.7. The van der Waals surface area contributed by atoms with Crippen molar-refractivity contribution in [3.8, 4) is 0 Å². The second kappa shape index (κ2) is 6.13. The van der Waals surface area contributed by atoms with E-state index in [4.69, 9.17) is 9.99 Å². The van der Waals surface area contributed by atoms with Gasteiger partial charge in [0.05, 0.1) is 0 Å². The summed E-state index contributed by atoms with van der Waals surface area (Å²) in [6, 6.07) is 9.16. The summed E-state index contributed by atoms with van der Waals surface area (Å²) in [6.07, 6.45) is -0.965. The third kappa shape index (κ3) is 3.02. The zero-order chi connectivity index (χ0) is 11.1. The molecule has 15 heavy (non-hydrogen) atoms. The van der Waals surface area contributed by atoms with Gasteiger partial charge in [-0.25, -0.2) is 10.1 Å². The van der Waals surface area contributed by atoms with E-state index in [1.165, 1.54) is 14.2 Å². The molecule has 0 amide bonds. The van der Waals surface area contributed by atoms with Gasteiger partial charge >= 0.3 is 0 Å². The number of benzene rings is 1. The Morgan fingerprint density at radius 1 is 1.27 bits per heavy atom. The summed E-state index contributed by atoms with van der Waals surface area (Å²) in [5, 5.41) is 12.4. The maximum atomic E-state index is 8.62. The molecular weight excluding hydrogens is 198 g/mol. The molecule has 1 atom stereocenters. The van der Waals surface area contributed by atoms with Gasteiger partial charge in [0.25, 0.3) is 0 Å². The van der Waals surface area contributed by atoms with E-state index in [1.807, 2.05) is 30.3 Å². The fraction of sp³-hybridized carbons (Fsp3) is 0.300. The molecule has 1 rings (SSSR count). The van der Waals surface area contributed by atoms with Gasteiger partial charge in [-0.3, -0.25) is 0 Å². The predicted molar refractivity (Wildman–Crippen MR) is 54.5 cm³/mol. The highest BCUT2D eigenvalue weighted by Gasteiger charge is 2.18. The first-order chi connectivity index (χ1) is 7.33. The lowest BCUT2D eigenvalue weighted by Crippen LogP contribution is -2.26. The van der Waals surface area contributed by atoms with Gasteiger partial charge in [-0.2, -0.15) is 0 Å². The zero-order valence-electron chi connectivity index (χ0n) is 8.58. The third-order valence-corrected chi connectivity index (χ3v) is 1.79. The first-order valence-corrected chi connectivity index (χ1v) is 4.33. The van der Waals surface area contributed by atoms with Crippen LogP contribution in [-0.4, -0.2) is 31.5 Å². The van der Waals surface area contributed by atoms with Gasteiger partial charge in [-0.1, -0.05) is 35.5 Å². The maximum Gasteiger partial charge on any atom is 0.237 e. The summed E-state index contributed by atoms with van der Waals surface area (Å²) < 4.78 is 4.89. The molecule has 5 nitrogen and oxygen atoms in total. The van der Waals surface area contributed by atoms with E-state index >= 15 is 0 Å². The van der Waals surface area contributed by atoms with Gasteiger partial charge in [0, 0.05) is 12.7 Å². The molecule has 0 fully saturated rings. The van der Waals surface area contributed by atoms with Crippen LogP contribution in [0.1, 0.15) is 5.56 Å². The molecule has 0 saturated heterocycles. The minimum Gasteiger partial charge on any atom is -0.399 e. The van der Waals surface area contributed by atoms with E-state index in [9.17, 15) is 0 Å². The Balaban J connectivity index is 2.98. The number of rotatable bonds is 5. The zero-order valence-corrected chi connectivity index (χ0v) is 8.58. The van der Waals surface area contributed by atoms with E-state index in [0.29, 0.717) is 5.71 Å². The molecule has 1 aromatic rings. The number of nitrogens with zero attached hydrogens (tertiary/aromatic N) is 1. The van der Waals surface area contributed by atoms with Gasteiger partial charge in [-0.05, 0) is 0 Å². The lowest BCUT2D eigenvalue weighted by molar-refractivity contribution is -0.316. The number of hydrogen-bond acceptors (Lipinski definition) is 5. The minimum atomic E-state index is -0.965. The monoisotopic (exact) mass is 211 g/mol. The second-order valence-electron chi connectivity index (χ2n) is 2.70. The molecule has 1 N–H and O–H groups in total. The van der Waals surface area contributed by atoms with Crippen LogP contribution in [0.5, 0.6) is 0 Å². The lowest BCUT2D eigenvalue weighted by atomic mass is 10.1. The fourth-order valence-corrected chi connectivity index (χ4v) is 1.14. The number of hydrogen-bond donors (Lipinski definition) is 1. The minimum absolute atomic E-state index is 0.364. The van der Waals surface area contributed by atoms with Crippen molar-refractivity contribution in [2.75, 3.05) is 14.2 Å². The maximum absolute atomic E-state index is 8.62. The predicted octanol–water partition coefficient (Wildman–Crippen LogP) is 1.50. The average Bonchev–Trinajstić information content (AvgIpc) is 2.30. The quantitative estimate of drug-likeness (QED) is 0.347. The summed E-state index contributed by atoms with van der Waals surface area (Å²) in [4.78, 5) is 8.80. The van der Waals surface area contributed by atoms with Crippen LogP contribution in [0.15, 0.2) is 35.5 Å². The van der Waals surface area contributed by atoms with Crippen LogP contribution in [0.25, 0.3) is 0 Å². The smallest absolute Gasteiger partial charge is 0.237 e. The van der Waals surface area contributed by atoms with E-state index in [1.54, 1.807) is 0 Å². The fourth-order valence-electron chi connectivity index (χ4n) is 1.14. The van der Waals surface area contributed by atoms with E-state index in [0.717, 1.165) is 5.56 Å². The SMILES string of the molecule is CO/N=C(/c1ccccc1)C(OC)OO. The van der Waals surface area contributed by atoms with Crippen molar-refractivity contribution in [3.05, 3.63) is 35.9 Å². The Hall–Kier alpha value is -1.43. The van der Waals surface area contributed by atoms with E-state index in [2.05, 4.69) is 14.9 Å². The molecular formula is C10H13NO4. The highest BCUT2D eigenvalue weighted by Crippen LogP contribution is 2.08. The first kappa shape index (κ1) is 11.6. The van der Waals surface area contributed by atoms with E-state index in [-0.39, 0.29) is 0 Å². The van der Waals surface area contributed by atoms with Crippen LogP contribution >= 0.6 is 0 Å². The van der Waals surface area contributed by atoms with Crippen LogP contribution in [0.2, 0.25) is 0 Å². The van der Waals surface area contributed by atoms with Gasteiger partial charge < -0.3 is 9.57 Å². The summed E-state index contributed by atoms with van der Waals surface area (Å²) in [7, 11) is 2.81. The first-order valence-electron chi connectivity index (χ1n) is 4.33. The molecule has 5 heteroatoms. The molecule has 0 aliphatic heterocycles. The summed E-state index contributed by atoms with van der Waals surface area (Å²) in [5.74, 6) is 0. The Labute approximate surface area is 87.8 Å². The molecule has 82 valence electrons. The standard InChI is InChI=1S/C10H13NO4/c1-13-10(15-12)9(11-14-2)8-6-4-3-5-7-8/h3-7,10,12H,1-2H3/b11-9-. The van der Waals surface area contributed by atoms with Crippen molar-refractivity contribution in [3.63, 3.8) is 0 Å². The van der Waals surface area contributed by atoms with Crippen molar-refractivity contribution >= 4 is 5.71 Å². The van der Waals surface area contributed by atoms with E-state index < -0.39 is 6.29 Å². The number of ether oxygens (including phenoxy) is 1. The lowest BCUT2D eigenvalue weighted by Gasteiger charge is -2.13. The summed E-state index contributed by atoms with van der Waals surface area (Å²) >= 11 is 0. The number of oxime groups is 1. The van der Waals surface area contributed by atoms with Crippen LogP contribution in [0, 0.1) is 0 Å². The van der Waals surface area contributed by atoms with Gasteiger partial charge in [0.15, 0.2) is 0 Å². The van der Waals surface area contributed by atoms with Crippen molar-refractivity contribution in [1.29, 1.82) is 0 Å². The molecule has 1 aromatic carbocycles. The largest absolute Gasteiger partial charge is 0.399 e. The molecule has 1 unspecified atom stereocenters. The Morgan fingerprint density at radius 2 is 1.93 bits per heavy atom. The van der Waals surface area contributed by atoms with Crippen molar-refractivity contribution in [2.24, 2.45) is 5.16 Å².